The van der Waals surface area contributed by atoms with Crippen molar-refractivity contribution in [3.63, 3.8) is 0 Å². The molecule has 0 unspecified atom stereocenters. The standard InChI is InChI=1S/C7H15NO3S.ClH/c1-12(9,10)5-7-3-2-6(8)4-11-7;/h6-7H,2-5,8H2,1H3;1H/t6-,7+;/m1./s1. The fourth-order valence-electron chi connectivity index (χ4n) is 1.30. The number of hydrogen-bond donors (Lipinski definition) is 1. The highest BCUT2D eigenvalue weighted by Crippen LogP contribution is 2.13. The summed E-state index contributed by atoms with van der Waals surface area (Å²) in [5.74, 6) is 0.125. The van der Waals surface area contributed by atoms with Crippen LogP contribution >= 0.6 is 12.4 Å². The first kappa shape index (κ1) is 13.2. The van der Waals surface area contributed by atoms with Crippen molar-refractivity contribution >= 4 is 22.2 Å². The van der Waals surface area contributed by atoms with Gasteiger partial charge in [-0.2, -0.15) is 0 Å². The molecule has 1 heterocycles. The first-order chi connectivity index (χ1) is 5.47. The van der Waals surface area contributed by atoms with Gasteiger partial charge in [0.1, 0.15) is 9.84 Å². The lowest BCUT2D eigenvalue weighted by molar-refractivity contribution is 0.0192. The highest BCUT2D eigenvalue weighted by molar-refractivity contribution is 7.90. The molecule has 0 aromatic heterocycles. The monoisotopic (exact) mass is 229 g/mol. The van der Waals surface area contributed by atoms with Gasteiger partial charge in [0.15, 0.2) is 0 Å². The Balaban J connectivity index is 0.00000144. The number of sulfone groups is 1. The third-order valence-corrected chi connectivity index (χ3v) is 2.87. The van der Waals surface area contributed by atoms with Crippen molar-refractivity contribution in [3.8, 4) is 0 Å². The molecular formula is C7H16ClNO3S. The van der Waals surface area contributed by atoms with E-state index in [2.05, 4.69) is 0 Å². The Morgan fingerprint density at radius 3 is 2.46 bits per heavy atom. The van der Waals surface area contributed by atoms with E-state index in [1.165, 1.54) is 6.26 Å². The first-order valence-electron chi connectivity index (χ1n) is 4.02. The van der Waals surface area contributed by atoms with E-state index in [9.17, 15) is 8.42 Å². The molecule has 1 saturated heterocycles. The highest BCUT2D eigenvalue weighted by Gasteiger charge is 2.22. The Morgan fingerprint density at radius 1 is 1.46 bits per heavy atom. The summed E-state index contributed by atoms with van der Waals surface area (Å²) in [4.78, 5) is 0. The molecule has 1 aliphatic heterocycles. The molecule has 6 heteroatoms. The van der Waals surface area contributed by atoms with Gasteiger partial charge in [0, 0.05) is 12.3 Å². The van der Waals surface area contributed by atoms with Crippen LogP contribution in [0.2, 0.25) is 0 Å². The van der Waals surface area contributed by atoms with Gasteiger partial charge in [-0.15, -0.1) is 12.4 Å². The van der Waals surface area contributed by atoms with Crippen molar-refractivity contribution in [3.05, 3.63) is 0 Å². The third kappa shape index (κ3) is 5.46. The van der Waals surface area contributed by atoms with Crippen LogP contribution in [-0.2, 0) is 14.6 Å². The van der Waals surface area contributed by atoms with Crippen LogP contribution in [0.5, 0.6) is 0 Å². The topological polar surface area (TPSA) is 69.4 Å². The van der Waals surface area contributed by atoms with E-state index in [1.807, 2.05) is 0 Å². The minimum atomic E-state index is -2.91. The number of nitrogens with two attached hydrogens (primary N) is 1. The summed E-state index contributed by atoms with van der Waals surface area (Å²) in [6.07, 6.45) is 2.71. The molecule has 0 spiro atoms. The molecule has 13 heavy (non-hydrogen) atoms. The Labute approximate surface area is 85.2 Å². The van der Waals surface area contributed by atoms with E-state index < -0.39 is 9.84 Å². The Kier molecular flexibility index (Phi) is 5.21. The first-order valence-corrected chi connectivity index (χ1v) is 6.08. The molecule has 0 aromatic carbocycles. The van der Waals surface area contributed by atoms with Crippen molar-refractivity contribution in [2.45, 2.75) is 25.0 Å². The SMILES string of the molecule is CS(=O)(=O)C[C@@H]1CC[C@@H](N)CO1.Cl. The highest BCUT2D eigenvalue weighted by atomic mass is 35.5. The fourth-order valence-corrected chi connectivity index (χ4v) is 2.23. The smallest absolute Gasteiger partial charge is 0.149 e. The predicted octanol–water partition coefficient (Wildman–Crippen LogP) is -0.0409. The maximum Gasteiger partial charge on any atom is 0.149 e. The van der Waals surface area contributed by atoms with Gasteiger partial charge in [0.25, 0.3) is 0 Å². The van der Waals surface area contributed by atoms with Crippen LogP contribution in [0.25, 0.3) is 0 Å². The normalized spacial score (nSPS) is 29.4. The van der Waals surface area contributed by atoms with Gasteiger partial charge in [0.2, 0.25) is 0 Å². The van der Waals surface area contributed by atoms with Crippen molar-refractivity contribution < 1.29 is 13.2 Å². The van der Waals surface area contributed by atoms with Gasteiger partial charge in [-0.25, -0.2) is 8.42 Å². The van der Waals surface area contributed by atoms with Crippen molar-refractivity contribution in [1.82, 2.24) is 0 Å². The summed E-state index contributed by atoms with van der Waals surface area (Å²) in [6.45, 7) is 0.486. The van der Waals surface area contributed by atoms with Crippen molar-refractivity contribution in [2.24, 2.45) is 5.73 Å². The van der Waals surface area contributed by atoms with E-state index in [0.29, 0.717) is 6.61 Å². The maximum atomic E-state index is 10.9. The van der Waals surface area contributed by atoms with E-state index in [-0.39, 0.29) is 30.3 Å². The molecule has 0 aromatic rings. The molecule has 2 N–H and O–H groups in total. The van der Waals surface area contributed by atoms with Gasteiger partial charge < -0.3 is 10.5 Å². The van der Waals surface area contributed by atoms with Gasteiger partial charge in [-0.3, -0.25) is 0 Å². The molecule has 4 nitrogen and oxygen atoms in total. The predicted molar refractivity (Wildman–Crippen MR) is 53.9 cm³/mol. The molecule has 0 amide bonds. The van der Waals surface area contributed by atoms with E-state index in [4.69, 9.17) is 10.5 Å². The average molecular weight is 230 g/mol. The summed E-state index contributed by atoms with van der Waals surface area (Å²) in [7, 11) is -2.91. The van der Waals surface area contributed by atoms with Gasteiger partial charge in [-0.05, 0) is 12.8 Å². The Hall–Kier alpha value is 0.160. The lowest BCUT2D eigenvalue weighted by atomic mass is 10.1. The molecular weight excluding hydrogens is 214 g/mol. The largest absolute Gasteiger partial charge is 0.376 e. The average Bonchev–Trinajstić information content (AvgIpc) is 1.91. The van der Waals surface area contributed by atoms with Crippen LogP contribution in [0.1, 0.15) is 12.8 Å². The van der Waals surface area contributed by atoms with E-state index in [0.717, 1.165) is 12.8 Å². The Bertz CT molecular complexity index is 234. The molecule has 1 aliphatic rings. The summed E-state index contributed by atoms with van der Waals surface area (Å²) in [5, 5.41) is 0. The number of halogens is 1. The maximum absolute atomic E-state index is 10.9. The van der Waals surface area contributed by atoms with Crippen LogP contribution in [0.15, 0.2) is 0 Å². The van der Waals surface area contributed by atoms with Crippen LogP contribution in [0.3, 0.4) is 0 Å². The van der Waals surface area contributed by atoms with E-state index >= 15 is 0 Å². The number of ether oxygens (including phenoxy) is 1. The minimum absolute atomic E-state index is 0. The Morgan fingerprint density at radius 2 is 2.08 bits per heavy atom. The summed E-state index contributed by atoms with van der Waals surface area (Å²) in [5.41, 5.74) is 5.59. The third-order valence-electron chi connectivity index (χ3n) is 1.89. The molecule has 1 fully saturated rings. The van der Waals surface area contributed by atoms with Crippen LogP contribution in [0.4, 0.5) is 0 Å². The number of hydrogen-bond acceptors (Lipinski definition) is 4. The molecule has 0 bridgehead atoms. The molecule has 0 aliphatic carbocycles. The molecule has 80 valence electrons. The van der Waals surface area contributed by atoms with E-state index in [1.54, 1.807) is 0 Å². The van der Waals surface area contributed by atoms with Crippen LogP contribution in [0, 0.1) is 0 Å². The zero-order valence-electron chi connectivity index (χ0n) is 7.60. The number of rotatable bonds is 2. The second-order valence-electron chi connectivity index (χ2n) is 3.39. The van der Waals surface area contributed by atoms with Crippen molar-refractivity contribution in [2.75, 3.05) is 18.6 Å². The lowest BCUT2D eigenvalue weighted by Crippen LogP contribution is -2.38. The van der Waals surface area contributed by atoms with Crippen molar-refractivity contribution in [1.29, 1.82) is 0 Å². The second kappa shape index (κ2) is 5.14. The summed E-state index contributed by atoms with van der Waals surface area (Å²) < 4.78 is 27.0. The molecule has 0 saturated carbocycles. The van der Waals surface area contributed by atoms with Gasteiger partial charge in [-0.1, -0.05) is 0 Å². The van der Waals surface area contributed by atoms with Gasteiger partial charge in [0.05, 0.1) is 18.5 Å². The zero-order chi connectivity index (χ0) is 9.19. The second-order valence-corrected chi connectivity index (χ2v) is 5.57. The molecule has 1 rings (SSSR count). The molecule has 0 radical (unpaired) electrons. The minimum Gasteiger partial charge on any atom is -0.376 e. The van der Waals surface area contributed by atoms with Crippen LogP contribution in [-0.4, -0.2) is 39.2 Å². The zero-order valence-corrected chi connectivity index (χ0v) is 9.23. The lowest BCUT2D eigenvalue weighted by Gasteiger charge is -2.25. The van der Waals surface area contributed by atoms with Gasteiger partial charge >= 0.3 is 0 Å². The van der Waals surface area contributed by atoms with Crippen LogP contribution < -0.4 is 5.73 Å². The summed E-state index contributed by atoms with van der Waals surface area (Å²) in [6, 6.07) is 0.0841. The molecule has 2 atom stereocenters. The fraction of sp³-hybridized carbons (Fsp3) is 1.00. The quantitative estimate of drug-likeness (QED) is 0.722. The summed E-state index contributed by atoms with van der Waals surface area (Å²) >= 11 is 0.